The van der Waals surface area contributed by atoms with Crippen LogP contribution in [0, 0.1) is 0 Å². The number of fused-ring (bicyclic) bond motifs is 2. The van der Waals surface area contributed by atoms with Crippen molar-refractivity contribution in [3.63, 3.8) is 0 Å². The third-order valence-corrected chi connectivity index (χ3v) is 6.63. The maximum Gasteiger partial charge on any atom is 0.225 e. The van der Waals surface area contributed by atoms with Crippen molar-refractivity contribution in [2.24, 2.45) is 4.99 Å². The molecule has 2 N–H and O–H groups in total. The van der Waals surface area contributed by atoms with Gasteiger partial charge in [0.1, 0.15) is 23.5 Å². The Morgan fingerprint density at radius 1 is 0.886 bits per heavy atom. The van der Waals surface area contributed by atoms with Crippen LogP contribution in [-0.2, 0) is 17.9 Å². The highest BCUT2D eigenvalue weighted by molar-refractivity contribution is 7.90. The molecule has 35 heavy (non-hydrogen) atoms. The molecular weight excluding hydrogens is 458 g/mol. The first-order valence-corrected chi connectivity index (χ1v) is 12.1. The first kappa shape index (κ1) is 21.2. The van der Waals surface area contributed by atoms with Gasteiger partial charge in [-0.05, 0) is 29.3 Å². The van der Waals surface area contributed by atoms with Crippen molar-refractivity contribution >= 4 is 40.2 Å². The van der Waals surface area contributed by atoms with Gasteiger partial charge in [-0.1, -0.05) is 48.5 Å². The number of aromatic nitrogens is 4. The quantitative estimate of drug-likeness (QED) is 0.354. The minimum atomic E-state index is -1.43. The van der Waals surface area contributed by atoms with Crippen LogP contribution in [-0.4, -0.2) is 30.8 Å². The van der Waals surface area contributed by atoms with E-state index < -0.39 is 11.4 Å². The van der Waals surface area contributed by atoms with E-state index in [1.807, 2.05) is 48.5 Å². The van der Waals surface area contributed by atoms with Crippen LogP contribution < -0.4 is 10.0 Å². The van der Waals surface area contributed by atoms with Crippen LogP contribution in [0.5, 0.6) is 0 Å². The zero-order valence-corrected chi connectivity index (χ0v) is 19.2. The maximum atomic E-state index is 12.4. The standard InChI is InChI=1S/C26H19N7OS/c34-35-22-13-18(14-28-25(22)30-16-31-35)24-32-21-11-6-10-20(17-7-2-1-3-8-17)23(21)26(33-24)29-15-19-9-4-5-12-27-19/h1-14,16H,15H2,(H,28,30,31)(H,29,32,33). The van der Waals surface area contributed by atoms with E-state index in [9.17, 15) is 4.55 Å². The van der Waals surface area contributed by atoms with Crippen molar-refractivity contribution in [2.45, 2.75) is 11.4 Å². The van der Waals surface area contributed by atoms with Crippen LogP contribution in [0.4, 0.5) is 11.6 Å². The number of hydrogen-bond donors (Lipinski definition) is 2. The lowest BCUT2D eigenvalue weighted by molar-refractivity contribution is 0.591. The molecule has 4 heterocycles. The largest absolute Gasteiger partial charge is 0.588 e. The Bertz CT molecular complexity index is 1540. The van der Waals surface area contributed by atoms with E-state index >= 15 is 0 Å². The molecule has 0 amide bonds. The van der Waals surface area contributed by atoms with Crippen molar-refractivity contribution in [3.8, 4) is 22.5 Å². The van der Waals surface area contributed by atoms with Crippen LogP contribution in [0.25, 0.3) is 33.4 Å². The lowest BCUT2D eigenvalue weighted by Gasteiger charge is -2.16. The summed E-state index contributed by atoms with van der Waals surface area (Å²) in [6, 6.07) is 23.8. The predicted molar refractivity (Wildman–Crippen MR) is 137 cm³/mol. The molecule has 0 spiro atoms. The number of nitrogens with zero attached hydrogens (tertiary/aromatic N) is 5. The second kappa shape index (κ2) is 9.13. The van der Waals surface area contributed by atoms with Gasteiger partial charge in [0.15, 0.2) is 5.82 Å². The average molecular weight is 478 g/mol. The molecule has 170 valence electrons. The third-order valence-electron chi connectivity index (χ3n) is 5.61. The number of aliphatic imine (C=N–C) groups is 1. The van der Waals surface area contributed by atoms with Crippen molar-refractivity contribution in [3.05, 3.63) is 90.9 Å². The molecule has 1 atom stereocenters. The number of anilines is 1. The fourth-order valence-corrected chi connectivity index (χ4v) is 4.75. The van der Waals surface area contributed by atoms with Crippen LogP contribution in [0.3, 0.4) is 0 Å². The second-order valence-electron chi connectivity index (χ2n) is 7.83. The first-order valence-electron chi connectivity index (χ1n) is 11.0. The number of hydrogen-bond acceptors (Lipinski definition) is 8. The van der Waals surface area contributed by atoms with Gasteiger partial charge in [-0.25, -0.2) is 19.9 Å². The summed E-state index contributed by atoms with van der Waals surface area (Å²) in [6.07, 6.45) is 4.82. The van der Waals surface area contributed by atoms with Gasteiger partial charge in [-0.15, -0.1) is 0 Å². The summed E-state index contributed by atoms with van der Waals surface area (Å²) >= 11 is -1.43. The molecule has 2 aromatic carbocycles. The van der Waals surface area contributed by atoms with Crippen molar-refractivity contribution in [2.75, 3.05) is 5.32 Å². The Hall–Kier alpha value is -4.34. The normalized spacial score (nSPS) is 14.4. The summed E-state index contributed by atoms with van der Waals surface area (Å²) in [7, 11) is 0. The van der Waals surface area contributed by atoms with Crippen LogP contribution in [0.1, 0.15) is 5.69 Å². The monoisotopic (exact) mass is 477 g/mol. The molecule has 0 saturated heterocycles. The summed E-state index contributed by atoms with van der Waals surface area (Å²) < 4.78 is 15.1. The topological polar surface area (TPSA) is 111 Å². The molecule has 1 unspecified atom stereocenters. The highest BCUT2D eigenvalue weighted by Gasteiger charge is 2.23. The van der Waals surface area contributed by atoms with Crippen molar-refractivity contribution in [1.82, 2.24) is 24.7 Å². The van der Waals surface area contributed by atoms with Gasteiger partial charge in [0.25, 0.3) is 0 Å². The predicted octanol–water partition coefficient (Wildman–Crippen LogP) is 4.65. The maximum absolute atomic E-state index is 12.4. The van der Waals surface area contributed by atoms with Crippen molar-refractivity contribution < 1.29 is 4.55 Å². The van der Waals surface area contributed by atoms with E-state index in [1.165, 1.54) is 6.34 Å². The lowest BCUT2D eigenvalue weighted by Crippen LogP contribution is -2.25. The van der Waals surface area contributed by atoms with E-state index in [4.69, 9.17) is 9.97 Å². The molecule has 1 aliphatic rings. The molecule has 0 bridgehead atoms. The van der Waals surface area contributed by atoms with Crippen LogP contribution in [0.15, 0.2) is 95.1 Å². The van der Waals surface area contributed by atoms with Gasteiger partial charge in [-0.2, -0.15) is 4.72 Å². The van der Waals surface area contributed by atoms with Gasteiger partial charge in [0, 0.05) is 24.0 Å². The molecule has 0 saturated carbocycles. The SMILES string of the molecule is [O-][S+]1NC=Nc2ncc(-c3nc(NCc4ccccn4)c4c(-c5ccccc5)cccc4n3)cc21. The Labute approximate surface area is 204 Å². The fraction of sp³-hybridized carbons (Fsp3) is 0.0385. The Kier molecular flexibility index (Phi) is 5.53. The highest BCUT2D eigenvalue weighted by atomic mass is 32.2. The molecule has 9 heteroatoms. The fourth-order valence-electron chi connectivity index (χ4n) is 3.97. The average Bonchev–Trinajstić information content (AvgIpc) is 2.92. The first-order chi connectivity index (χ1) is 17.3. The van der Waals surface area contributed by atoms with Crippen molar-refractivity contribution in [1.29, 1.82) is 0 Å². The van der Waals surface area contributed by atoms with E-state index in [0.29, 0.717) is 34.5 Å². The Morgan fingerprint density at radius 2 is 1.77 bits per heavy atom. The van der Waals surface area contributed by atoms with Gasteiger partial charge >= 0.3 is 0 Å². The molecular formula is C26H19N7OS. The Morgan fingerprint density at radius 3 is 2.63 bits per heavy atom. The van der Waals surface area contributed by atoms with Gasteiger partial charge in [-0.3, -0.25) is 4.98 Å². The molecule has 6 rings (SSSR count). The van der Waals surface area contributed by atoms with E-state index in [0.717, 1.165) is 27.7 Å². The summed E-state index contributed by atoms with van der Waals surface area (Å²) in [4.78, 5) is 23.2. The molecule has 1 aliphatic heterocycles. The number of benzene rings is 2. The minimum absolute atomic E-state index is 0.423. The number of nitrogens with one attached hydrogen (secondary N) is 2. The number of rotatable bonds is 5. The minimum Gasteiger partial charge on any atom is -0.588 e. The van der Waals surface area contributed by atoms with Crippen LogP contribution >= 0.6 is 0 Å². The summed E-state index contributed by atoms with van der Waals surface area (Å²) in [5.74, 6) is 1.59. The van der Waals surface area contributed by atoms with Gasteiger partial charge < -0.3 is 9.87 Å². The second-order valence-corrected chi connectivity index (χ2v) is 9.04. The van der Waals surface area contributed by atoms with Gasteiger partial charge in [0.2, 0.25) is 10.7 Å². The molecule has 0 fully saturated rings. The van der Waals surface area contributed by atoms with E-state index in [2.05, 4.69) is 43.2 Å². The van der Waals surface area contributed by atoms with E-state index in [-0.39, 0.29) is 0 Å². The molecule has 5 aromatic rings. The zero-order valence-electron chi connectivity index (χ0n) is 18.4. The third kappa shape index (κ3) is 4.18. The molecule has 0 aliphatic carbocycles. The summed E-state index contributed by atoms with van der Waals surface area (Å²) in [5, 5.41) is 4.38. The lowest BCUT2D eigenvalue weighted by atomic mass is 10.0. The molecule has 0 radical (unpaired) electrons. The summed E-state index contributed by atoms with van der Waals surface area (Å²) in [6.45, 7) is 0.501. The van der Waals surface area contributed by atoms with Crippen LogP contribution in [0.2, 0.25) is 0 Å². The zero-order chi connectivity index (χ0) is 23.6. The van der Waals surface area contributed by atoms with Gasteiger partial charge in [0.05, 0.1) is 23.1 Å². The summed E-state index contributed by atoms with van der Waals surface area (Å²) in [5.41, 5.74) is 4.44. The molecule has 8 nitrogen and oxygen atoms in total. The molecule has 3 aromatic heterocycles. The Balaban J connectivity index is 1.51. The number of pyridine rings is 2. The smallest absolute Gasteiger partial charge is 0.225 e. The highest BCUT2D eigenvalue weighted by Crippen LogP contribution is 2.35. The van der Waals surface area contributed by atoms with E-state index in [1.54, 1.807) is 18.5 Å².